The number of likely N-dealkylation sites (N-methyl/N-ethyl adjacent to an activating group) is 1. The van der Waals surface area contributed by atoms with E-state index in [0.717, 1.165) is 70.9 Å². The van der Waals surface area contributed by atoms with E-state index >= 15 is 0 Å². The van der Waals surface area contributed by atoms with Gasteiger partial charge in [0.05, 0.1) is 5.69 Å². The smallest absolute Gasteiger partial charge is 0.241 e. The van der Waals surface area contributed by atoms with Crippen molar-refractivity contribution >= 4 is 28.2 Å². The summed E-state index contributed by atoms with van der Waals surface area (Å²) >= 11 is 0. The highest BCUT2D eigenvalue weighted by molar-refractivity contribution is 5.95. The Morgan fingerprint density at radius 1 is 0.971 bits per heavy atom. The van der Waals surface area contributed by atoms with Crippen molar-refractivity contribution in [1.82, 2.24) is 19.9 Å². The summed E-state index contributed by atoms with van der Waals surface area (Å²) in [4.78, 5) is 28.4. The van der Waals surface area contributed by atoms with Crippen molar-refractivity contribution in [3.8, 4) is 22.5 Å². The fourth-order valence-corrected chi connectivity index (χ4v) is 4.43. The van der Waals surface area contributed by atoms with Crippen LogP contribution >= 0.6 is 0 Å². The second kappa shape index (κ2) is 9.11. The molecule has 1 saturated heterocycles. The Bertz CT molecular complexity index is 1350. The molecule has 2 aromatic carbocycles. The topological polar surface area (TPSA) is 91.1 Å². The van der Waals surface area contributed by atoms with E-state index in [0.29, 0.717) is 0 Å². The third-order valence-electron chi connectivity index (χ3n) is 6.44. The highest BCUT2D eigenvalue weighted by atomic mass is 16.1. The second-order valence-electron chi connectivity index (χ2n) is 8.81. The van der Waals surface area contributed by atoms with Gasteiger partial charge >= 0.3 is 0 Å². The van der Waals surface area contributed by atoms with Crippen LogP contribution in [0, 0.1) is 0 Å². The maximum atomic E-state index is 11.2. The molecule has 1 aliphatic heterocycles. The van der Waals surface area contributed by atoms with E-state index in [-0.39, 0.29) is 0 Å². The molecule has 0 spiro atoms. The van der Waals surface area contributed by atoms with Crippen molar-refractivity contribution in [3.05, 3.63) is 72.6 Å². The molecule has 0 radical (unpaired) electrons. The molecule has 1 amide bonds. The number of aromatic amines is 1. The van der Waals surface area contributed by atoms with Crippen LogP contribution in [0.3, 0.4) is 0 Å². The molecule has 0 bridgehead atoms. The van der Waals surface area contributed by atoms with Crippen molar-refractivity contribution in [2.45, 2.75) is 6.92 Å². The lowest BCUT2D eigenvalue weighted by atomic mass is 10.0. The van der Waals surface area contributed by atoms with Crippen LogP contribution in [0.15, 0.2) is 67.0 Å². The molecule has 0 unspecified atom stereocenters. The first-order valence-corrected chi connectivity index (χ1v) is 11.4. The van der Waals surface area contributed by atoms with E-state index in [1.807, 2.05) is 31.2 Å². The minimum Gasteiger partial charge on any atom is -0.369 e. The Kier molecular flexibility index (Phi) is 5.86. The molecule has 3 N–H and O–H groups in total. The number of hydrogen-bond donors (Lipinski definition) is 2. The highest BCUT2D eigenvalue weighted by Gasteiger charge is 2.15. The molecule has 4 aromatic rings. The van der Waals surface area contributed by atoms with E-state index in [1.165, 1.54) is 11.8 Å². The number of anilines is 1. The van der Waals surface area contributed by atoms with Crippen LogP contribution in [0.1, 0.15) is 12.5 Å². The summed E-state index contributed by atoms with van der Waals surface area (Å²) in [6.45, 7) is 6.16. The van der Waals surface area contributed by atoms with Crippen molar-refractivity contribution in [2.24, 2.45) is 5.73 Å². The molecule has 34 heavy (non-hydrogen) atoms. The summed E-state index contributed by atoms with van der Waals surface area (Å²) in [5, 5.41) is 0.970. The first-order chi connectivity index (χ1) is 16.5. The predicted molar refractivity (Wildman–Crippen MR) is 137 cm³/mol. The van der Waals surface area contributed by atoms with Gasteiger partial charge in [-0.15, -0.1) is 0 Å². The molecule has 0 aliphatic carbocycles. The SMILES string of the molecule is CC(=CC(N)=O)c1ccc(-c2ncnc3[nH]c(-c4ccc(N5CCN(C)CC5)cc4)cc23)cc1. The minimum atomic E-state index is -0.449. The number of hydrogen-bond acceptors (Lipinski definition) is 5. The number of nitrogens with zero attached hydrogens (tertiary/aromatic N) is 4. The number of rotatable bonds is 5. The predicted octanol–water partition coefficient (Wildman–Crippen LogP) is 3.93. The molecule has 7 heteroatoms. The molecule has 0 saturated carbocycles. The van der Waals surface area contributed by atoms with Gasteiger partial charge in [0.1, 0.15) is 12.0 Å². The van der Waals surface area contributed by atoms with Gasteiger partial charge in [-0.3, -0.25) is 4.79 Å². The summed E-state index contributed by atoms with van der Waals surface area (Å²) < 4.78 is 0. The van der Waals surface area contributed by atoms with Gasteiger partial charge in [0.15, 0.2) is 0 Å². The van der Waals surface area contributed by atoms with Gasteiger partial charge in [-0.2, -0.15) is 0 Å². The number of piperazine rings is 1. The first kappa shape index (κ1) is 21.9. The van der Waals surface area contributed by atoms with Gasteiger partial charge < -0.3 is 20.5 Å². The van der Waals surface area contributed by atoms with Gasteiger partial charge in [0.2, 0.25) is 5.91 Å². The number of carbonyl (C=O) groups is 1. The van der Waals surface area contributed by atoms with E-state index in [2.05, 4.69) is 62.1 Å². The van der Waals surface area contributed by atoms with Gasteiger partial charge in [-0.1, -0.05) is 36.4 Å². The summed E-state index contributed by atoms with van der Waals surface area (Å²) in [6.07, 6.45) is 3.02. The number of carbonyl (C=O) groups excluding carboxylic acids is 1. The molecule has 0 atom stereocenters. The average molecular weight is 453 g/mol. The van der Waals surface area contributed by atoms with E-state index < -0.39 is 5.91 Å². The van der Waals surface area contributed by atoms with Crippen molar-refractivity contribution in [1.29, 1.82) is 0 Å². The number of nitrogens with one attached hydrogen (secondary N) is 1. The number of nitrogens with two attached hydrogens (primary N) is 1. The molecule has 1 aliphatic rings. The molecule has 5 rings (SSSR count). The van der Waals surface area contributed by atoms with Crippen LogP contribution in [0.5, 0.6) is 0 Å². The quantitative estimate of drug-likeness (QED) is 0.448. The number of amides is 1. The Balaban J connectivity index is 1.42. The molecule has 172 valence electrons. The fraction of sp³-hybridized carbons (Fsp3) is 0.222. The molecular weight excluding hydrogens is 424 g/mol. The number of H-pyrrole nitrogens is 1. The highest BCUT2D eigenvalue weighted by Crippen LogP contribution is 2.31. The zero-order chi connectivity index (χ0) is 23.7. The number of allylic oxidation sites excluding steroid dienone is 1. The maximum absolute atomic E-state index is 11.2. The number of fused-ring (bicyclic) bond motifs is 1. The standard InChI is InChI=1S/C27H28N6O/c1-18(15-25(28)34)19-3-5-21(6-4-19)26-23-16-24(31-27(23)30-17-29-26)20-7-9-22(10-8-20)33-13-11-32(2)12-14-33/h3-10,15-17H,11-14H2,1-2H3,(H2,28,34)(H,29,30,31). The first-order valence-electron chi connectivity index (χ1n) is 11.4. The summed E-state index contributed by atoms with van der Waals surface area (Å²) in [5.41, 5.74) is 13.1. The zero-order valence-electron chi connectivity index (χ0n) is 19.5. The largest absolute Gasteiger partial charge is 0.369 e. The van der Waals surface area contributed by atoms with Gasteiger partial charge in [-0.05, 0) is 48.9 Å². The van der Waals surface area contributed by atoms with Crippen LogP contribution < -0.4 is 10.6 Å². The Morgan fingerprint density at radius 2 is 1.65 bits per heavy atom. The maximum Gasteiger partial charge on any atom is 0.241 e. The third-order valence-corrected chi connectivity index (χ3v) is 6.44. The van der Waals surface area contributed by atoms with Gasteiger partial charge in [-0.25, -0.2) is 9.97 Å². The van der Waals surface area contributed by atoms with Crippen LogP contribution in [-0.4, -0.2) is 59.0 Å². The lowest BCUT2D eigenvalue weighted by Gasteiger charge is -2.34. The summed E-state index contributed by atoms with van der Waals surface area (Å²) in [6, 6.07) is 18.8. The average Bonchev–Trinajstić information content (AvgIpc) is 3.29. The minimum absolute atomic E-state index is 0.449. The zero-order valence-corrected chi connectivity index (χ0v) is 19.5. The van der Waals surface area contributed by atoms with Crippen molar-refractivity contribution in [2.75, 3.05) is 38.1 Å². The van der Waals surface area contributed by atoms with Crippen molar-refractivity contribution < 1.29 is 4.79 Å². The summed E-state index contributed by atoms with van der Waals surface area (Å²) in [5.74, 6) is -0.449. The normalized spacial score (nSPS) is 15.1. The molecule has 3 heterocycles. The third kappa shape index (κ3) is 4.43. The molecular formula is C27H28N6O. The fourth-order valence-electron chi connectivity index (χ4n) is 4.43. The van der Waals surface area contributed by atoms with Crippen LogP contribution in [-0.2, 0) is 4.79 Å². The Labute approximate surface area is 198 Å². The van der Waals surface area contributed by atoms with Crippen LogP contribution in [0.4, 0.5) is 5.69 Å². The lowest BCUT2D eigenvalue weighted by Crippen LogP contribution is -2.44. The van der Waals surface area contributed by atoms with E-state index in [1.54, 1.807) is 6.33 Å². The van der Waals surface area contributed by atoms with Crippen molar-refractivity contribution in [3.63, 3.8) is 0 Å². The lowest BCUT2D eigenvalue weighted by molar-refractivity contribution is -0.113. The Hall–Kier alpha value is -3.97. The number of benzene rings is 2. The van der Waals surface area contributed by atoms with Gasteiger partial charge in [0.25, 0.3) is 0 Å². The monoisotopic (exact) mass is 452 g/mol. The van der Waals surface area contributed by atoms with E-state index in [9.17, 15) is 4.79 Å². The Morgan fingerprint density at radius 3 is 2.32 bits per heavy atom. The molecule has 7 nitrogen and oxygen atoms in total. The number of primary amides is 1. The van der Waals surface area contributed by atoms with Gasteiger partial charge in [0, 0.05) is 54.6 Å². The van der Waals surface area contributed by atoms with Crippen LogP contribution in [0.25, 0.3) is 39.1 Å². The molecule has 1 fully saturated rings. The van der Waals surface area contributed by atoms with E-state index in [4.69, 9.17) is 5.73 Å². The summed E-state index contributed by atoms with van der Waals surface area (Å²) in [7, 11) is 2.17. The number of aromatic nitrogens is 3. The van der Waals surface area contributed by atoms with Crippen LogP contribution in [0.2, 0.25) is 0 Å². The second-order valence-corrected chi connectivity index (χ2v) is 8.81. The molecule has 2 aromatic heterocycles.